The Morgan fingerprint density at radius 1 is 1.00 bits per heavy atom. The molecule has 0 spiro atoms. The molecule has 0 radical (unpaired) electrons. The molecule has 8 heteroatoms. The van der Waals surface area contributed by atoms with E-state index in [1.165, 1.54) is 0 Å². The fourth-order valence-electron chi connectivity index (χ4n) is 2.00. The lowest BCUT2D eigenvalue weighted by molar-refractivity contribution is 0.0731. The van der Waals surface area contributed by atoms with Crippen LogP contribution in [0.1, 0.15) is 50.4 Å². The molecule has 7 nitrogen and oxygen atoms in total. The minimum atomic E-state index is -3.03. The summed E-state index contributed by atoms with van der Waals surface area (Å²) >= 11 is 0. The predicted octanol–water partition coefficient (Wildman–Crippen LogP) is 3.56. The van der Waals surface area contributed by atoms with Gasteiger partial charge in [-0.05, 0) is 29.9 Å². The van der Waals surface area contributed by atoms with Crippen molar-refractivity contribution in [2.75, 3.05) is 19.8 Å². The van der Waals surface area contributed by atoms with Gasteiger partial charge in [-0.2, -0.15) is 0 Å². The molecule has 1 aromatic carbocycles. The van der Waals surface area contributed by atoms with E-state index >= 15 is 0 Å². The van der Waals surface area contributed by atoms with E-state index in [2.05, 4.69) is 10.0 Å². The quantitative estimate of drug-likeness (QED) is 0.264. The Morgan fingerprint density at radius 2 is 1.46 bits per heavy atom. The highest BCUT2D eigenvalue weighted by Crippen LogP contribution is 2.14. The molecule has 0 unspecified atom stereocenters. The van der Waals surface area contributed by atoms with E-state index in [9.17, 15) is 4.79 Å². The van der Waals surface area contributed by atoms with Gasteiger partial charge in [-0.25, -0.2) is 0 Å². The van der Waals surface area contributed by atoms with Gasteiger partial charge in [0.15, 0.2) is 0 Å². The minimum absolute atomic E-state index is 0.320. The number of carbonyl (C=O) groups excluding carboxylic acids is 1. The molecule has 0 aliphatic heterocycles. The molecule has 24 heavy (non-hydrogen) atoms. The lowest BCUT2D eigenvalue weighted by Gasteiger charge is -2.29. The zero-order valence-electron chi connectivity index (χ0n) is 14.5. The van der Waals surface area contributed by atoms with Gasteiger partial charge in [0.05, 0.1) is 0 Å². The molecule has 0 saturated heterocycles. The zero-order chi connectivity index (χ0) is 17.8. The van der Waals surface area contributed by atoms with E-state index in [0.29, 0.717) is 25.4 Å². The molecule has 0 bridgehead atoms. The Morgan fingerprint density at radius 3 is 1.83 bits per heavy atom. The summed E-state index contributed by atoms with van der Waals surface area (Å²) in [6.45, 7) is 7.71. The van der Waals surface area contributed by atoms with Crippen LogP contribution in [0.2, 0.25) is 0 Å². The van der Waals surface area contributed by atoms with Crippen molar-refractivity contribution >= 4 is 19.9 Å². The van der Waals surface area contributed by atoms with E-state index in [0.717, 1.165) is 24.4 Å². The van der Waals surface area contributed by atoms with Gasteiger partial charge in [0, 0.05) is 35.5 Å². The van der Waals surface area contributed by atoms with Crippen molar-refractivity contribution in [2.24, 2.45) is 5.11 Å². The van der Waals surface area contributed by atoms with Crippen LogP contribution in [0.25, 0.3) is 10.4 Å². The van der Waals surface area contributed by atoms with Crippen LogP contribution in [-0.2, 0) is 13.3 Å². The summed E-state index contributed by atoms with van der Waals surface area (Å²) in [5, 5.41) is 3.90. The summed E-state index contributed by atoms with van der Waals surface area (Å²) < 4.78 is 18.1. The monoisotopic (exact) mass is 351 g/mol. The molecular formula is C16H25N3O4Si. The number of azide groups is 1. The second-order valence-corrected chi connectivity index (χ2v) is 7.73. The summed E-state index contributed by atoms with van der Waals surface area (Å²) in [5.74, 6) is -0.616. The molecule has 0 N–H and O–H groups in total. The predicted molar refractivity (Wildman–Crippen MR) is 94.0 cm³/mol. The van der Waals surface area contributed by atoms with Crippen LogP contribution in [0.5, 0.6) is 0 Å². The van der Waals surface area contributed by atoms with Crippen molar-refractivity contribution in [1.29, 1.82) is 0 Å². The van der Waals surface area contributed by atoms with Crippen LogP contribution in [0.4, 0.5) is 0 Å². The second kappa shape index (κ2) is 11.0. The number of amides is 1. The summed E-state index contributed by atoms with van der Waals surface area (Å²) in [5.41, 5.74) is 8.68. The summed E-state index contributed by atoms with van der Waals surface area (Å²) in [4.78, 5) is 14.1. The maximum absolute atomic E-state index is 11.6. The highest BCUT2D eigenvalue weighted by molar-refractivity contribution is 6.75. The van der Waals surface area contributed by atoms with E-state index in [4.69, 9.17) is 18.8 Å². The molecule has 0 aliphatic rings. The van der Waals surface area contributed by atoms with Crippen LogP contribution < -0.4 is 5.19 Å². The van der Waals surface area contributed by atoms with Crippen LogP contribution in [-0.4, -0.2) is 34.5 Å². The molecule has 1 aromatic rings. The molecular weight excluding hydrogens is 326 g/mol. The molecule has 0 aromatic heterocycles. The third-order valence-electron chi connectivity index (χ3n) is 3.11. The molecule has 132 valence electrons. The van der Waals surface area contributed by atoms with Crippen molar-refractivity contribution in [1.82, 2.24) is 0 Å². The molecule has 0 aliphatic carbocycles. The molecule has 0 saturated carbocycles. The standard InChI is InChI=1S/C16H25N3O4Si/c1-4-11-21-24(22-12-5-2,23-13-6-3)15-9-7-14(8-10-15)16(20)18-19-17/h7-10H,4-6,11-13H2,1-3H3. The van der Waals surface area contributed by atoms with Crippen LogP contribution >= 0.6 is 0 Å². The molecule has 0 fully saturated rings. The number of hydrogen-bond donors (Lipinski definition) is 0. The smallest absolute Gasteiger partial charge is 0.370 e. The average Bonchev–Trinajstić information content (AvgIpc) is 2.62. The number of nitrogens with zero attached hydrogens (tertiary/aromatic N) is 3. The lowest BCUT2D eigenvalue weighted by Crippen LogP contribution is -2.57. The first-order chi connectivity index (χ1) is 11.6. The largest absolute Gasteiger partial charge is 0.537 e. The number of rotatable bonds is 11. The number of carbonyl (C=O) groups is 1. The van der Waals surface area contributed by atoms with Gasteiger partial charge in [-0.1, -0.05) is 45.0 Å². The molecule has 0 atom stereocenters. The van der Waals surface area contributed by atoms with E-state index < -0.39 is 14.7 Å². The van der Waals surface area contributed by atoms with Gasteiger partial charge < -0.3 is 13.3 Å². The highest BCUT2D eigenvalue weighted by Gasteiger charge is 2.43. The minimum Gasteiger partial charge on any atom is -0.370 e. The van der Waals surface area contributed by atoms with Gasteiger partial charge in [-0.3, -0.25) is 4.79 Å². The first kappa shape index (κ1) is 20.3. The zero-order valence-corrected chi connectivity index (χ0v) is 15.5. The molecule has 1 rings (SSSR count). The van der Waals surface area contributed by atoms with Crippen molar-refractivity contribution in [3.63, 3.8) is 0 Å². The van der Waals surface area contributed by atoms with Crippen LogP contribution in [0, 0.1) is 0 Å². The van der Waals surface area contributed by atoms with Gasteiger partial charge >= 0.3 is 8.80 Å². The lowest BCUT2D eigenvalue weighted by atomic mass is 10.2. The third kappa shape index (κ3) is 5.74. The van der Waals surface area contributed by atoms with E-state index in [1.807, 2.05) is 20.8 Å². The first-order valence-corrected chi connectivity index (χ1v) is 9.97. The van der Waals surface area contributed by atoms with Crippen molar-refractivity contribution < 1.29 is 18.1 Å². The summed E-state index contributed by atoms with van der Waals surface area (Å²) in [6.07, 6.45) is 2.56. The fraction of sp³-hybridized carbons (Fsp3) is 0.562. The van der Waals surface area contributed by atoms with Gasteiger partial charge in [0.1, 0.15) is 0 Å². The average molecular weight is 351 g/mol. The first-order valence-electron chi connectivity index (χ1n) is 8.25. The van der Waals surface area contributed by atoms with E-state index in [-0.39, 0.29) is 0 Å². The number of benzene rings is 1. The maximum Gasteiger partial charge on any atom is 0.537 e. The van der Waals surface area contributed by atoms with Crippen LogP contribution in [0.15, 0.2) is 29.4 Å². The van der Waals surface area contributed by atoms with Gasteiger partial charge in [-0.15, -0.1) is 0 Å². The van der Waals surface area contributed by atoms with Crippen LogP contribution in [0.3, 0.4) is 0 Å². The number of hydrogen-bond acceptors (Lipinski definition) is 4. The Balaban J connectivity index is 3.14. The Hall–Kier alpha value is -1.70. The summed E-state index contributed by atoms with van der Waals surface area (Å²) in [6, 6.07) is 6.72. The second-order valence-electron chi connectivity index (χ2n) is 5.17. The highest BCUT2D eigenvalue weighted by atomic mass is 28.4. The Labute approximate surface area is 143 Å². The van der Waals surface area contributed by atoms with E-state index in [1.54, 1.807) is 24.3 Å². The fourth-order valence-corrected chi connectivity index (χ4v) is 4.74. The van der Waals surface area contributed by atoms with Crippen molar-refractivity contribution in [2.45, 2.75) is 40.0 Å². The normalized spacial score (nSPS) is 11.1. The molecule has 0 heterocycles. The van der Waals surface area contributed by atoms with Gasteiger partial charge in [0.25, 0.3) is 0 Å². The topological polar surface area (TPSA) is 93.5 Å². The Kier molecular flexibility index (Phi) is 9.29. The molecule has 1 amide bonds. The maximum atomic E-state index is 11.6. The van der Waals surface area contributed by atoms with Gasteiger partial charge in [0.2, 0.25) is 5.91 Å². The Bertz CT molecular complexity index is 537. The van der Waals surface area contributed by atoms with Crippen molar-refractivity contribution in [3.05, 3.63) is 40.3 Å². The summed E-state index contributed by atoms with van der Waals surface area (Å²) in [7, 11) is -3.03. The van der Waals surface area contributed by atoms with Crippen molar-refractivity contribution in [3.8, 4) is 0 Å². The SMILES string of the molecule is CCCO[Si](OCCC)(OCCC)c1ccc(C(=O)N=[N+]=[N-])cc1. The third-order valence-corrected chi connectivity index (χ3v) is 5.90.